The highest BCUT2D eigenvalue weighted by molar-refractivity contribution is 6.73. The standard InChI is InChI=1S/C30H40O7Si/c1-8-12-18-29-24(20-33-19-23-16-14-13-15-17-23)25(36-38(9-2,10-3)11-4)30(37-29,35-22(5)31)28(7)26(32)34-21-27(28,29)6/h13-17,20,25H,9-11,18-19,21H2,1-7H3/b24-20+/t25?,27-,28?,29-,30?/m1/s1. The van der Waals surface area contributed by atoms with E-state index in [4.69, 9.17) is 23.4 Å². The van der Waals surface area contributed by atoms with Crippen molar-refractivity contribution in [1.82, 2.24) is 0 Å². The molecular weight excluding hydrogens is 500 g/mol. The van der Waals surface area contributed by atoms with Gasteiger partial charge in [-0.3, -0.25) is 9.59 Å². The molecule has 0 saturated carbocycles. The van der Waals surface area contributed by atoms with Crippen molar-refractivity contribution in [2.24, 2.45) is 10.8 Å². The Bertz CT molecular complexity index is 1160. The van der Waals surface area contributed by atoms with Gasteiger partial charge in [0.1, 0.15) is 30.3 Å². The van der Waals surface area contributed by atoms with Gasteiger partial charge in [-0.15, -0.1) is 11.8 Å². The molecule has 0 radical (unpaired) electrons. The minimum atomic E-state index is -2.31. The summed E-state index contributed by atoms with van der Waals surface area (Å²) in [6, 6.07) is 12.5. The van der Waals surface area contributed by atoms with Crippen molar-refractivity contribution in [1.29, 1.82) is 0 Å². The highest BCUT2D eigenvalue weighted by atomic mass is 28.4. The molecule has 3 saturated heterocycles. The van der Waals surface area contributed by atoms with Crippen molar-refractivity contribution in [2.45, 2.75) is 97.1 Å². The first-order valence-electron chi connectivity index (χ1n) is 13.6. The maximum atomic E-state index is 13.6. The zero-order valence-corrected chi connectivity index (χ0v) is 24.6. The summed E-state index contributed by atoms with van der Waals surface area (Å²) in [5.41, 5.74) is -1.59. The fourth-order valence-electron chi connectivity index (χ4n) is 6.64. The number of hydrogen-bond acceptors (Lipinski definition) is 7. The zero-order chi connectivity index (χ0) is 27.8. The largest absolute Gasteiger partial charge is 0.496 e. The molecule has 7 nitrogen and oxygen atoms in total. The van der Waals surface area contributed by atoms with Crippen LogP contribution in [-0.2, 0) is 39.6 Å². The first-order chi connectivity index (χ1) is 18.0. The number of carbonyl (C=O) groups is 2. The molecule has 38 heavy (non-hydrogen) atoms. The molecule has 2 bridgehead atoms. The van der Waals surface area contributed by atoms with E-state index >= 15 is 0 Å². The molecule has 206 valence electrons. The van der Waals surface area contributed by atoms with Gasteiger partial charge in [-0.25, -0.2) is 0 Å². The fraction of sp³-hybridized carbons (Fsp3) is 0.600. The number of hydrogen-bond donors (Lipinski definition) is 0. The molecule has 3 fully saturated rings. The number of cyclic esters (lactones) is 1. The van der Waals surface area contributed by atoms with Gasteiger partial charge in [-0.1, -0.05) is 58.0 Å². The summed E-state index contributed by atoms with van der Waals surface area (Å²) >= 11 is 0. The van der Waals surface area contributed by atoms with Crippen molar-refractivity contribution in [3.8, 4) is 11.8 Å². The normalized spacial score (nSPS) is 34.4. The second kappa shape index (κ2) is 10.2. The molecule has 3 aliphatic heterocycles. The quantitative estimate of drug-likeness (QED) is 0.168. The van der Waals surface area contributed by atoms with Gasteiger partial charge in [0.05, 0.1) is 11.7 Å². The summed E-state index contributed by atoms with van der Waals surface area (Å²) < 4.78 is 32.1. The zero-order valence-electron chi connectivity index (χ0n) is 23.6. The van der Waals surface area contributed by atoms with Crippen LogP contribution in [-0.4, -0.2) is 44.4 Å². The van der Waals surface area contributed by atoms with Crippen molar-refractivity contribution in [2.75, 3.05) is 6.61 Å². The highest BCUT2D eigenvalue weighted by Gasteiger charge is 2.91. The molecule has 1 aromatic carbocycles. The van der Waals surface area contributed by atoms with Gasteiger partial charge in [0.25, 0.3) is 5.79 Å². The number of fused-ring (bicyclic) bond motifs is 5. The third-order valence-electron chi connectivity index (χ3n) is 9.43. The SMILES string of the molecule is CC#CC[C@@]12OC(OC(C)=O)(C(O[Si](CC)(CC)CC)/C1=C\OCc1ccccc1)C1(C)C(=O)OC[C@]12C. The lowest BCUT2D eigenvalue weighted by molar-refractivity contribution is -0.267. The van der Waals surface area contributed by atoms with E-state index in [0.717, 1.165) is 23.7 Å². The van der Waals surface area contributed by atoms with E-state index in [2.05, 4.69) is 32.6 Å². The second-order valence-corrected chi connectivity index (χ2v) is 15.7. The van der Waals surface area contributed by atoms with Crippen LogP contribution in [0.15, 0.2) is 42.2 Å². The number of ether oxygens (including phenoxy) is 4. The fourth-order valence-corrected chi connectivity index (χ4v) is 9.42. The molecular formula is C30H40O7Si. The molecule has 0 aromatic heterocycles. The molecule has 0 amide bonds. The van der Waals surface area contributed by atoms with Crippen LogP contribution < -0.4 is 0 Å². The average molecular weight is 541 g/mol. The van der Waals surface area contributed by atoms with Crippen molar-refractivity contribution < 1.29 is 33.0 Å². The third kappa shape index (κ3) is 3.77. The van der Waals surface area contributed by atoms with E-state index in [1.165, 1.54) is 6.92 Å². The Kier molecular flexibility index (Phi) is 7.61. The number of carbonyl (C=O) groups excluding carboxylic acids is 2. The first-order valence-corrected chi connectivity index (χ1v) is 16.1. The smallest absolute Gasteiger partial charge is 0.319 e. The molecule has 3 aliphatic rings. The summed E-state index contributed by atoms with van der Waals surface area (Å²) in [4.78, 5) is 26.3. The molecule has 5 atom stereocenters. The average Bonchev–Trinajstić information content (AvgIpc) is 3.38. The van der Waals surface area contributed by atoms with E-state index in [1.54, 1.807) is 20.1 Å². The van der Waals surface area contributed by atoms with Crippen LogP contribution in [0.25, 0.3) is 0 Å². The Morgan fingerprint density at radius 2 is 1.82 bits per heavy atom. The molecule has 4 rings (SSSR count). The number of rotatable bonds is 10. The number of benzene rings is 1. The van der Waals surface area contributed by atoms with Gasteiger partial charge in [-0.05, 0) is 37.5 Å². The Hall–Kier alpha value is -2.60. The van der Waals surface area contributed by atoms with E-state index < -0.39 is 48.6 Å². The van der Waals surface area contributed by atoms with E-state index in [0.29, 0.717) is 12.2 Å². The summed E-state index contributed by atoms with van der Waals surface area (Å²) in [6.07, 6.45) is 1.14. The lowest BCUT2D eigenvalue weighted by Gasteiger charge is -2.51. The summed E-state index contributed by atoms with van der Waals surface area (Å²) in [7, 11) is -2.31. The Morgan fingerprint density at radius 1 is 1.16 bits per heavy atom. The van der Waals surface area contributed by atoms with E-state index in [1.807, 2.05) is 37.3 Å². The van der Waals surface area contributed by atoms with Gasteiger partial charge in [0.2, 0.25) is 0 Å². The Morgan fingerprint density at radius 3 is 2.39 bits per heavy atom. The van der Waals surface area contributed by atoms with Crippen LogP contribution in [0, 0.1) is 22.7 Å². The van der Waals surface area contributed by atoms with E-state index in [-0.39, 0.29) is 13.0 Å². The minimum absolute atomic E-state index is 0.109. The molecule has 3 unspecified atom stereocenters. The van der Waals surface area contributed by atoms with Crippen LogP contribution in [0.4, 0.5) is 0 Å². The van der Waals surface area contributed by atoms with E-state index in [9.17, 15) is 9.59 Å². The lowest BCUT2D eigenvalue weighted by atomic mass is 9.50. The van der Waals surface area contributed by atoms with Crippen LogP contribution in [0.2, 0.25) is 18.1 Å². The topological polar surface area (TPSA) is 80.3 Å². The monoisotopic (exact) mass is 540 g/mol. The summed E-state index contributed by atoms with van der Waals surface area (Å²) in [5, 5.41) is 0. The maximum absolute atomic E-state index is 13.6. The van der Waals surface area contributed by atoms with Crippen molar-refractivity contribution >= 4 is 20.3 Å². The van der Waals surface area contributed by atoms with Gasteiger partial charge < -0.3 is 23.4 Å². The van der Waals surface area contributed by atoms with Gasteiger partial charge in [0.15, 0.2) is 8.32 Å². The minimum Gasteiger partial charge on any atom is -0.496 e. The van der Waals surface area contributed by atoms with Crippen LogP contribution >= 0.6 is 0 Å². The molecule has 0 N–H and O–H groups in total. The maximum Gasteiger partial charge on any atom is 0.319 e. The molecule has 0 spiro atoms. The highest BCUT2D eigenvalue weighted by Crippen LogP contribution is 2.76. The summed E-state index contributed by atoms with van der Waals surface area (Å²) in [6.45, 7) is 13.7. The summed E-state index contributed by atoms with van der Waals surface area (Å²) in [5.74, 6) is 3.45. The van der Waals surface area contributed by atoms with Gasteiger partial charge in [-0.2, -0.15) is 0 Å². The van der Waals surface area contributed by atoms with Crippen molar-refractivity contribution in [3.05, 3.63) is 47.7 Å². The predicted molar refractivity (Wildman–Crippen MR) is 145 cm³/mol. The molecule has 8 heteroatoms. The number of esters is 2. The van der Waals surface area contributed by atoms with Crippen molar-refractivity contribution in [3.63, 3.8) is 0 Å². The molecule has 3 heterocycles. The van der Waals surface area contributed by atoms with Gasteiger partial charge in [0, 0.05) is 18.9 Å². The third-order valence-corrected chi connectivity index (χ3v) is 14.0. The Balaban J connectivity index is 1.95. The van der Waals surface area contributed by atoms with Crippen LogP contribution in [0.3, 0.4) is 0 Å². The lowest BCUT2D eigenvalue weighted by Crippen LogP contribution is -2.67. The van der Waals surface area contributed by atoms with Crippen LogP contribution in [0.1, 0.15) is 60.5 Å². The van der Waals surface area contributed by atoms with Gasteiger partial charge >= 0.3 is 11.9 Å². The first kappa shape index (κ1) is 28.4. The predicted octanol–water partition coefficient (Wildman–Crippen LogP) is 5.50. The second-order valence-electron chi connectivity index (χ2n) is 10.9. The molecule has 1 aromatic rings. The molecule has 0 aliphatic carbocycles. The van der Waals surface area contributed by atoms with Crippen LogP contribution in [0.5, 0.6) is 0 Å². The Labute approximate surface area is 227 Å².